The number of hydrogen-bond acceptors (Lipinski definition) is 2. The van der Waals surface area contributed by atoms with E-state index in [1.54, 1.807) is 0 Å². The Morgan fingerprint density at radius 2 is 2.05 bits per heavy atom. The molecule has 2 rings (SSSR count). The second-order valence-corrected chi connectivity index (χ2v) is 4.87. The SMILES string of the molecule is Cc1ccc(C)c(-c2nc(CCC(=O)O)[nH]c2C)c1. The minimum absolute atomic E-state index is 0.0964. The maximum absolute atomic E-state index is 10.6. The van der Waals surface area contributed by atoms with E-state index in [0.29, 0.717) is 6.42 Å². The van der Waals surface area contributed by atoms with Gasteiger partial charge in [-0.25, -0.2) is 4.98 Å². The van der Waals surface area contributed by atoms with E-state index in [0.717, 1.165) is 22.8 Å². The van der Waals surface area contributed by atoms with Crippen LogP contribution in [0.5, 0.6) is 0 Å². The highest BCUT2D eigenvalue weighted by Crippen LogP contribution is 2.26. The van der Waals surface area contributed by atoms with Crippen molar-refractivity contribution in [2.24, 2.45) is 0 Å². The Kier molecular flexibility index (Phi) is 3.69. The van der Waals surface area contributed by atoms with E-state index in [1.165, 1.54) is 11.1 Å². The predicted molar refractivity (Wildman–Crippen MR) is 74.2 cm³/mol. The molecule has 0 amide bonds. The molecule has 0 spiro atoms. The largest absolute Gasteiger partial charge is 0.481 e. The summed E-state index contributed by atoms with van der Waals surface area (Å²) in [6.07, 6.45) is 0.528. The fourth-order valence-corrected chi connectivity index (χ4v) is 2.12. The van der Waals surface area contributed by atoms with Crippen LogP contribution in [0.4, 0.5) is 0 Å². The van der Waals surface area contributed by atoms with Crippen LogP contribution < -0.4 is 0 Å². The molecule has 0 atom stereocenters. The summed E-state index contributed by atoms with van der Waals surface area (Å²) in [7, 11) is 0. The minimum Gasteiger partial charge on any atom is -0.481 e. The highest BCUT2D eigenvalue weighted by atomic mass is 16.4. The highest BCUT2D eigenvalue weighted by Gasteiger charge is 2.12. The first kappa shape index (κ1) is 13.3. The second-order valence-electron chi connectivity index (χ2n) is 4.87. The third kappa shape index (κ3) is 3.02. The number of carboxylic acid groups (broad SMARTS) is 1. The number of benzene rings is 1. The van der Waals surface area contributed by atoms with Gasteiger partial charge in [-0.2, -0.15) is 0 Å². The van der Waals surface area contributed by atoms with Gasteiger partial charge < -0.3 is 10.1 Å². The molecule has 1 heterocycles. The van der Waals surface area contributed by atoms with E-state index in [4.69, 9.17) is 5.11 Å². The third-order valence-electron chi connectivity index (χ3n) is 3.16. The van der Waals surface area contributed by atoms with Crippen molar-refractivity contribution in [2.45, 2.75) is 33.6 Å². The fraction of sp³-hybridized carbons (Fsp3) is 0.333. The minimum atomic E-state index is -0.803. The fourth-order valence-electron chi connectivity index (χ4n) is 2.12. The van der Waals surface area contributed by atoms with Crippen LogP contribution in [0.2, 0.25) is 0 Å². The number of hydrogen-bond donors (Lipinski definition) is 2. The molecule has 1 aromatic heterocycles. The standard InChI is InChI=1S/C15H18N2O2/c1-9-4-5-10(2)12(8-9)15-11(3)16-13(17-15)6-7-14(18)19/h4-5,8H,6-7H2,1-3H3,(H,16,17)(H,18,19). The van der Waals surface area contributed by atoms with Crippen molar-refractivity contribution in [1.29, 1.82) is 0 Å². The van der Waals surface area contributed by atoms with Gasteiger partial charge in [-0.1, -0.05) is 17.7 Å². The molecule has 0 saturated carbocycles. The van der Waals surface area contributed by atoms with Gasteiger partial charge in [-0.15, -0.1) is 0 Å². The monoisotopic (exact) mass is 258 g/mol. The topological polar surface area (TPSA) is 66.0 Å². The van der Waals surface area contributed by atoms with Crippen LogP contribution in [-0.2, 0) is 11.2 Å². The Morgan fingerprint density at radius 1 is 1.32 bits per heavy atom. The first-order valence-electron chi connectivity index (χ1n) is 6.32. The lowest BCUT2D eigenvalue weighted by molar-refractivity contribution is -0.137. The second kappa shape index (κ2) is 5.26. The number of nitrogens with zero attached hydrogens (tertiary/aromatic N) is 1. The van der Waals surface area contributed by atoms with Gasteiger partial charge in [0.05, 0.1) is 12.1 Å². The molecule has 2 aromatic rings. The number of nitrogens with one attached hydrogen (secondary N) is 1. The van der Waals surface area contributed by atoms with Crippen molar-refractivity contribution in [3.63, 3.8) is 0 Å². The van der Waals surface area contributed by atoms with Gasteiger partial charge >= 0.3 is 5.97 Å². The van der Waals surface area contributed by atoms with Crippen LogP contribution >= 0.6 is 0 Å². The van der Waals surface area contributed by atoms with E-state index in [9.17, 15) is 4.79 Å². The summed E-state index contributed by atoms with van der Waals surface area (Å²) in [5, 5.41) is 8.71. The number of aromatic nitrogens is 2. The third-order valence-corrected chi connectivity index (χ3v) is 3.16. The number of aromatic amines is 1. The number of rotatable bonds is 4. The number of imidazole rings is 1. The molecule has 19 heavy (non-hydrogen) atoms. The number of aryl methyl sites for hydroxylation is 4. The number of H-pyrrole nitrogens is 1. The summed E-state index contributed by atoms with van der Waals surface area (Å²) in [5.74, 6) is -0.0712. The predicted octanol–water partition coefficient (Wildman–Crippen LogP) is 3.02. The molecule has 0 aliphatic heterocycles. The molecule has 0 unspecified atom stereocenters. The Morgan fingerprint density at radius 3 is 2.74 bits per heavy atom. The van der Waals surface area contributed by atoms with E-state index >= 15 is 0 Å². The molecule has 0 bridgehead atoms. The van der Waals surface area contributed by atoms with Gasteiger partial charge in [0.2, 0.25) is 0 Å². The number of carbonyl (C=O) groups is 1. The van der Waals surface area contributed by atoms with Crippen molar-refractivity contribution in [2.75, 3.05) is 0 Å². The molecule has 100 valence electrons. The summed E-state index contributed by atoms with van der Waals surface area (Å²) in [6.45, 7) is 6.07. The summed E-state index contributed by atoms with van der Waals surface area (Å²) >= 11 is 0. The zero-order chi connectivity index (χ0) is 14.0. The summed E-state index contributed by atoms with van der Waals surface area (Å²) < 4.78 is 0. The van der Waals surface area contributed by atoms with Gasteiger partial charge in [0.15, 0.2) is 0 Å². The molecular formula is C15H18N2O2. The maximum Gasteiger partial charge on any atom is 0.303 e. The van der Waals surface area contributed by atoms with Gasteiger partial charge in [0.1, 0.15) is 5.82 Å². The van der Waals surface area contributed by atoms with Crippen molar-refractivity contribution in [1.82, 2.24) is 9.97 Å². The average Bonchev–Trinajstić information content (AvgIpc) is 2.71. The van der Waals surface area contributed by atoms with Crippen LogP contribution in [0.3, 0.4) is 0 Å². The summed E-state index contributed by atoms with van der Waals surface area (Å²) in [5.41, 5.74) is 5.37. The van der Waals surface area contributed by atoms with Crippen LogP contribution in [0.25, 0.3) is 11.3 Å². The van der Waals surface area contributed by atoms with Crippen LogP contribution in [-0.4, -0.2) is 21.0 Å². The number of aliphatic carboxylic acids is 1. The van der Waals surface area contributed by atoms with E-state index in [2.05, 4.69) is 42.0 Å². The normalized spacial score (nSPS) is 10.7. The molecule has 0 radical (unpaired) electrons. The molecule has 0 aliphatic carbocycles. The lowest BCUT2D eigenvalue weighted by atomic mass is 10.0. The molecule has 4 nitrogen and oxygen atoms in total. The number of carboxylic acids is 1. The zero-order valence-corrected chi connectivity index (χ0v) is 11.4. The molecule has 4 heteroatoms. The Hall–Kier alpha value is -2.10. The van der Waals surface area contributed by atoms with Crippen molar-refractivity contribution >= 4 is 5.97 Å². The maximum atomic E-state index is 10.6. The van der Waals surface area contributed by atoms with Crippen molar-refractivity contribution in [3.05, 3.63) is 40.8 Å². The average molecular weight is 258 g/mol. The molecule has 0 saturated heterocycles. The Balaban J connectivity index is 2.34. The molecule has 0 aliphatic rings. The lowest BCUT2D eigenvalue weighted by Crippen LogP contribution is -1.98. The van der Waals surface area contributed by atoms with Gasteiger partial charge in [-0.05, 0) is 32.4 Å². The lowest BCUT2D eigenvalue weighted by Gasteiger charge is -2.05. The Bertz CT molecular complexity index is 615. The van der Waals surface area contributed by atoms with Crippen LogP contribution in [0, 0.1) is 20.8 Å². The van der Waals surface area contributed by atoms with Crippen molar-refractivity contribution < 1.29 is 9.90 Å². The molecule has 0 fully saturated rings. The summed E-state index contributed by atoms with van der Waals surface area (Å²) in [6, 6.07) is 6.27. The first-order chi connectivity index (χ1) is 8.97. The quantitative estimate of drug-likeness (QED) is 0.885. The molecule has 1 aromatic carbocycles. The molecular weight excluding hydrogens is 240 g/mol. The van der Waals surface area contributed by atoms with E-state index in [-0.39, 0.29) is 6.42 Å². The molecule has 2 N–H and O–H groups in total. The van der Waals surface area contributed by atoms with E-state index in [1.807, 2.05) is 6.92 Å². The zero-order valence-electron chi connectivity index (χ0n) is 11.4. The highest BCUT2D eigenvalue weighted by molar-refractivity contribution is 5.68. The van der Waals surface area contributed by atoms with E-state index < -0.39 is 5.97 Å². The Labute approximate surface area is 112 Å². The first-order valence-corrected chi connectivity index (χ1v) is 6.32. The van der Waals surface area contributed by atoms with Crippen LogP contribution in [0.1, 0.15) is 29.1 Å². The van der Waals surface area contributed by atoms with Crippen LogP contribution in [0.15, 0.2) is 18.2 Å². The smallest absolute Gasteiger partial charge is 0.303 e. The van der Waals surface area contributed by atoms with Gasteiger partial charge in [0.25, 0.3) is 0 Å². The summed E-state index contributed by atoms with van der Waals surface area (Å²) in [4.78, 5) is 18.3. The van der Waals surface area contributed by atoms with Gasteiger partial charge in [-0.3, -0.25) is 4.79 Å². The van der Waals surface area contributed by atoms with Gasteiger partial charge in [0, 0.05) is 17.7 Å². The van der Waals surface area contributed by atoms with Crippen molar-refractivity contribution in [3.8, 4) is 11.3 Å².